The molecule has 1 unspecified atom stereocenters. The Hall–Kier alpha value is -2.68. The minimum absolute atomic E-state index is 0.0454. The Labute approximate surface area is 123 Å². The number of nitrogens with one attached hydrogen (secondary N) is 1. The molecule has 2 nitrogen and oxygen atoms in total. The second-order valence-electron chi connectivity index (χ2n) is 4.78. The molecule has 3 aromatic rings. The number of nitrogens with zero attached hydrogens (tertiary/aromatic N) is 1. The third-order valence-corrected chi connectivity index (χ3v) is 3.31. The highest BCUT2D eigenvalue weighted by molar-refractivity contribution is 5.47. The van der Waals surface area contributed by atoms with Crippen LogP contribution < -0.4 is 5.32 Å². The van der Waals surface area contributed by atoms with Gasteiger partial charge >= 0.3 is 0 Å². The normalized spacial score (nSPS) is 11.9. The molecule has 0 fully saturated rings. The smallest absolute Gasteiger partial charge is 0.123 e. The molecule has 0 spiro atoms. The van der Waals surface area contributed by atoms with Crippen LogP contribution in [0.1, 0.15) is 17.2 Å². The maximum atomic E-state index is 13.1. The molecular formula is C18H15FN2. The number of pyridine rings is 1. The maximum Gasteiger partial charge on any atom is 0.123 e. The van der Waals surface area contributed by atoms with Gasteiger partial charge in [-0.05, 0) is 35.4 Å². The molecule has 21 heavy (non-hydrogen) atoms. The Balaban J connectivity index is 1.97. The number of halogens is 1. The number of anilines is 1. The first-order valence-electron chi connectivity index (χ1n) is 6.80. The van der Waals surface area contributed by atoms with Gasteiger partial charge in [0, 0.05) is 12.4 Å². The summed E-state index contributed by atoms with van der Waals surface area (Å²) in [7, 11) is 0. The van der Waals surface area contributed by atoms with E-state index in [1.54, 1.807) is 24.5 Å². The first kappa shape index (κ1) is 13.3. The third kappa shape index (κ3) is 3.26. The molecule has 0 aliphatic carbocycles. The van der Waals surface area contributed by atoms with Gasteiger partial charge in [-0.25, -0.2) is 4.39 Å². The average molecular weight is 278 g/mol. The van der Waals surface area contributed by atoms with E-state index in [1.165, 1.54) is 12.1 Å². The highest BCUT2D eigenvalue weighted by Gasteiger charge is 2.13. The van der Waals surface area contributed by atoms with E-state index in [2.05, 4.69) is 22.4 Å². The summed E-state index contributed by atoms with van der Waals surface area (Å²) in [6.45, 7) is 0. The van der Waals surface area contributed by atoms with Gasteiger partial charge in [0.1, 0.15) is 5.82 Å². The lowest BCUT2D eigenvalue weighted by Crippen LogP contribution is -2.12. The first-order valence-corrected chi connectivity index (χ1v) is 6.80. The Bertz CT molecular complexity index is 681. The monoisotopic (exact) mass is 278 g/mol. The van der Waals surface area contributed by atoms with Crippen molar-refractivity contribution in [2.45, 2.75) is 6.04 Å². The number of hydrogen-bond donors (Lipinski definition) is 1. The Kier molecular flexibility index (Phi) is 3.92. The van der Waals surface area contributed by atoms with Crippen molar-refractivity contribution in [1.82, 2.24) is 4.98 Å². The van der Waals surface area contributed by atoms with E-state index in [0.717, 1.165) is 16.8 Å². The number of hydrogen-bond acceptors (Lipinski definition) is 2. The molecule has 0 aliphatic rings. The molecule has 0 saturated carbocycles. The Morgan fingerprint density at radius 3 is 2.19 bits per heavy atom. The predicted molar refractivity (Wildman–Crippen MR) is 82.5 cm³/mol. The lowest BCUT2D eigenvalue weighted by atomic mass is 9.98. The van der Waals surface area contributed by atoms with Crippen molar-refractivity contribution in [2.24, 2.45) is 0 Å². The van der Waals surface area contributed by atoms with Crippen molar-refractivity contribution in [3.8, 4) is 0 Å². The largest absolute Gasteiger partial charge is 0.373 e. The van der Waals surface area contributed by atoms with E-state index in [4.69, 9.17) is 0 Å². The standard InChI is InChI=1S/C18H15FN2/c19-16-10-8-15(9-11-16)18(14-5-2-1-3-6-14)21-17-7-4-12-20-13-17/h1-13,18,21H. The number of rotatable bonds is 4. The second-order valence-corrected chi connectivity index (χ2v) is 4.78. The van der Waals surface area contributed by atoms with Crippen LogP contribution in [0, 0.1) is 5.82 Å². The fourth-order valence-corrected chi connectivity index (χ4v) is 2.27. The lowest BCUT2D eigenvalue weighted by Gasteiger charge is -2.21. The van der Waals surface area contributed by atoms with Crippen LogP contribution in [-0.2, 0) is 0 Å². The molecule has 0 radical (unpaired) electrons. The molecule has 3 heteroatoms. The van der Waals surface area contributed by atoms with Crippen molar-refractivity contribution in [3.05, 3.63) is 96.1 Å². The van der Waals surface area contributed by atoms with Crippen molar-refractivity contribution in [2.75, 3.05) is 5.32 Å². The highest BCUT2D eigenvalue weighted by atomic mass is 19.1. The molecule has 0 aliphatic heterocycles. The molecule has 1 aromatic heterocycles. The van der Waals surface area contributed by atoms with Gasteiger partial charge < -0.3 is 5.32 Å². The summed E-state index contributed by atoms with van der Waals surface area (Å²) in [5, 5.41) is 3.45. The molecule has 0 bridgehead atoms. The highest BCUT2D eigenvalue weighted by Crippen LogP contribution is 2.26. The molecule has 0 amide bonds. The predicted octanol–water partition coefficient (Wildman–Crippen LogP) is 4.42. The quantitative estimate of drug-likeness (QED) is 0.764. The topological polar surface area (TPSA) is 24.9 Å². The second kappa shape index (κ2) is 6.18. The summed E-state index contributed by atoms with van der Waals surface area (Å²) in [6, 6.07) is 20.5. The van der Waals surface area contributed by atoms with Crippen LogP contribution in [0.4, 0.5) is 10.1 Å². The molecule has 3 rings (SSSR count). The maximum absolute atomic E-state index is 13.1. The molecule has 104 valence electrons. The molecule has 1 N–H and O–H groups in total. The van der Waals surface area contributed by atoms with Gasteiger partial charge in [0.2, 0.25) is 0 Å². The zero-order chi connectivity index (χ0) is 14.5. The van der Waals surface area contributed by atoms with Crippen LogP contribution in [0.25, 0.3) is 0 Å². The van der Waals surface area contributed by atoms with E-state index >= 15 is 0 Å². The van der Waals surface area contributed by atoms with E-state index in [9.17, 15) is 4.39 Å². The molecular weight excluding hydrogens is 263 g/mol. The molecule has 2 aromatic carbocycles. The zero-order valence-electron chi connectivity index (χ0n) is 11.4. The van der Waals surface area contributed by atoms with Crippen LogP contribution in [-0.4, -0.2) is 4.98 Å². The van der Waals surface area contributed by atoms with Crippen molar-refractivity contribution in [1.29, 1.82) is 0 Å². The van der Waals surface area contributed by atoms with Gasteiger partial charge in [-0.1, -0.05) is 42.5 Å². The average Bonchev–Trinajstić information content (AvgIpc) is 2.55. The number of benzene rings is 2. The van der Waals surface area contributed by atoms with E-state index < -0.39 is 0 Å². The number of aromatic nitrogens is 1. The van der Waals surface area contributed by atoms with Crippen molar-refractivity contribution in [3.63, 3.8) is 0 Å². The van der Waals surface area contributed by atoms with Gasteiger partial charge in [-0.2, -0.15) is 0 Å². The van der Waals surface area contributed by atoms with Gasteiger partial charge in [0.05, 0.1) is 11.7 Å². The van der Waals surface area contributed by atoms with Gasteiger partial charge in [0.15, 0.2) is 0 Å². The van der Waals surface area contributed by atoms with Gasteiger partial charge in [-0.15, -0.1) is 0 Å². The zero-order valence-corrected chi connectivity index (χ0v) is 11.4. The summed E-state index contributed by atoms with van der Waals surface area (Å²) in [5.74, 6) is -0.230. The van der Waals surface area contributed by atoms with Gasteiger partial charge in [-0.3, -0.25) is 4.98 Å². The minimum atomic E-state index is -0.230. The van der Waals surface area contributed by atoms with Crippen LogP contribution in [0.2, 0.25) is 0 Å². The van der Waals surface area contributed by atoms with Crippen molar-refractivity contribution >= 4 is 5.69 Å². The summed E-state index contributed by atoms with van der Waals surface area (Å²) in [5.41, 5.74) is 3.05. The van der Waals surface area contributed by atoms with E-state index in [0.29, 0.717) is 0 Å². The SMILES string of the molecule is Fc1ccc(C(Nc2cccnc2)c2ccccc2)cc1. The van der Waals surface area contributed by atoms with Crippen molar-refractivity contribution < 1.29 is 4.39 Å². The van der Waals surface area contributed by atoms with E-state index in [1.807, 2.05) is 30.3 Å². The molecule has 0 saturated heterocycles. The van der Waals surface area contributed by atoms with Crippen LogP contribution in [0.5, 0.6) is 0 Å². The minimum Gasteiger partial charge on any atom is -0.373 e. The molecule has 1 heterocycles. The fourth-order valence-electron chi connectivity index (χ4n) is 2.27. The van der Waals surface area contributed by atoms with Crippen LogP contribution in [0.3, 0.4) is 0 Å². The fraction of sp³-hybridized carbons (Fsp3) is 0.0556. The third-order valence-electron chi connectivity index (χ3n) is 3.31. The van der Waals surface area contributed by atoms with E-state index in [-0.39, 0.29) is 11.9 Å². The Morgan fingerprint density at radius 2 is 1.52 bits per heavy atom. The van der Waals surface area contributed by atoms with Crippen LogP contribution >= 0.6 is 0 Å². The lowest BCUT2D eigenvalue weighted by molar-refractivity contribution is 0.626. The molecule has 1 atom stereocenters. The van der Waals surface area contributed by atoms with Crippen LogP contribution in [0.15, 0.2) is 79.1 Å². The van der Waals surface area contributed by atoms with Gasteiger partial charge in [0.25, 0.3) is 0 Å². The first-order chi connectivity index (χ1) is 10.3. The summed E-state index contributed by atoms with van der Waals surface area (Å²) < 4.78 is 13.1. The Morgan fingerprint density at radius 1 is 0.810 bits per heavy atom. The summed E-state index contributed by atoms with van der Waals surface area (Å²) in [6.07, 6.45) is 3.51. The summed E-state index contributed by atoms with van der Waals surface area (Å²) in [4.78, 5) is 4.12. The summed E-state index contributed by atoms with van der Waals surface area (Å²) >= 11 is 0.